The molecule has 0 spiro atoms. The van der Waals surface area contributed by atoms with Gasteiger partial charge in [0.25, 0.3) is 0 Å². The van der Waals surface area contributed by atoms with E-state index in [1.165, 1.54) is 6.20 Å². The molecular weight excluding hydrogens is 228 g/mol. The predicted octanol–water partition coefficient (Wildman–Crippen LogP) is 0.638. The van der Waals surface area contributed by atoms with Crippen molar-refractivity contribution < 1.29 is 4.79 Å². The second-order valence-electron chi connectivity index (χ2n) is 5.20. The fourth-order valence-corrected chi connectivity index (χ4v) is 2.40. The average Bonchev–Trinajstić information content (AvgIpc) is 2.42. The largest absolute Gasteiger partial charge is 0.405 e. The first kappa shape index (κ1) is 14.6. The first-order chi connectivity index (χ1) is 8.44. The molecule has 0 aromatic rings. The fraction of sp³-hybridized carbons (Fsp3) is 0.615. The summed E-state index contributed by atoms with van der Waals surface area (Å²) in [4.78, 5) is 14.2. The van der Waals surface area contributed by atoms with Gasteiger partial charge in [0.1, 0.15) is 5.82 Å². The topological polar surface area (TPSA) is 84.4 Å². The SMILES string of the molecule is CNC1CCCC(C)(C)N(/C(N)=C/C=C\N)C1=O. The van der Waals surface area contributed by atoms with Crippen molar-refractivity contribution in [1.29, 1.82) is 0 Å². The first-order valence-corrected chi connectivity index (χ1v) is 6.29. The number of rotatable bonds is 3. The number of hydrogen-bond acceptors (Lipinski definition) is 4. The molecule has 0 aromatic carbocycles. The number of nitrogens with one attached hydrogen (secondary N) is 1. The summed E-state index contributed by atoms with van der Waals surface area (Å²) in [6.07, 6.45) is 7.47. The molecule has 5 heteroatoms. The molecule has 0 saturated carbocycles. The summed E-state index contributed by atoms with van der Waals surface area (Å²) in [5.41, 5.74) is 11.0. The maximum Gasteiger partial charge on any atom is 0.245 e. The molecule has 1 unspecified atom stereocenters. The molecule has 1 rings (SSSR count). The summed E-state index contributed by atoms with van der Waals surface area (Å²) in [5, 5.41) is 3.06. The molecule has 102 valence electrons. The van der Waals surface area contributed by atoms with Gasteiger partial charge in [0.15, 0.2) is 0 Å². The lowest BCUT2D eigenvalue weighted by atomic mass is 9.97. The van der Waals surface area contributed by atoms with Crippen LogP contribution in [0.2, 0.25) is 0 Å². The van der Waals surface area contributed by atoms with Crippen LogP contribution in [0.25, 0.3) is 0 Å². The maximum atomic E-state index is 12.5. The van der Waals surface area contributed by atoms with Gasteiger partial charge in [0, 0.05) is 5.54 Å². The quantitative estimate of drug-likeness (QED) is 0.643. The molecule has 1 heterocycles. The average molecular weight is 252 g/mol. The van der Waals surface area contributed by atoms with E-state index in [0.29, 0.717) is 5.82 Å². The fourth-order valence-electron chi connectivity index (χ4n) is 2.40. The van der Waals surface area contributed by atoms with Crippen LogP contribution in [0.1, 0.15) is 33.1 Å². The highest BCUT2D eigenvalue weighted by atomic mass is 16.2. The van der Waals surface area contributed by atoms with Crippen LogP contribution >= 0.6 is 0 Å². The Morgan fingerprint density at radius 3 is 2.78 bits per heavy atom. The third-order valence-corrected chi connectivity index (χ3v) is 3.39. The molecule has 5 N–H and O–H groups in total. The summed E-state index contributed by atoms with van der Waals surface area (Å²) in [6, 6.07) is -0.166. The predicted molar refractivity (Wildman–Crippen MR) is 73.2 cm³/mol. The van der Waals surface area contributed by atoms with Crippen molar-refractivity contribution in [3.8, 4) is 0 Å². The molecule has 0 aromatic heterocycles. The zero-order valence-electron chi connectivity index (χ0n) is 11.4. The zero-order chi connectivity index (χ0) is 13.8. The summed E-state index contributed by atoms with van der Waals surface area (Å²) < 4.78 is 0. The van der Waals surface area contributed by atoms with Crippen molar-refractivity contribution in [1.82, 2.24) is 10.2 Å². The normalized spacial score (nSPS) is 25.5. The first-order valence-electron chi connectivity index (χ1n) is 6.29. The Kier molecular flexibility index (Phi) is 4.78. The smallest absolute Gasteiger partial charge is 0.245 e. The number of likely N-dealkylation sites (N-methyl/N-ethyl adjacent to an activating group) is 1. The van der Waals surface area contributed by atoms with Gasteiger partial charge in [0.2, 0.25) is 5.91 Å². The van der Waals surface area contributed by atoms with Gasteiger partial charge in [-0.25, -0.2) is 0 Å². The molecule has 1 fully saturated rings. The van der Waals surface area contributed by atoms with E-state index in [4.69, 9.17) is 11.5 Å². The standard InChI is InChI=1S/C13H24N4O/c1-13(2)8-4-6-10(16-3)12(18)17(13)11(15)7-5-9-14/h5,7,9-10,16H,4,6,8,14-15H2,1-3H3/b9-5-,11-7+. The van der Waals surface area contributed by atoms with Crippen molar-refractivity contribution in [2.45, 2.75) is 44.7 Å². The Bertz CT molecular complexity index is 360. The second-order valence-corrected chi connectivity index (χ2v) is 5.20. The van der Waals surface area contributed by atoms with Crippen LogP contribution in [0.5, 0.6) is 0 Å². The third-order valence-electron chi connectivity index (χ3n) is 3.39. The molecule has 1 saturated heterocycles. The lowest BCUT2D eigenvalue weighted by molar-refractivity contribution is -0.135. The Hall–Kier alpha value is -1.49. The third kappa shape index (κ3) is 3.04. The Morgan fingerprint density at radius 1 is 1.56 bits per heavy atom. The van der Waals surface area contributed by atoms with Gasteiger partial charge in [0.05, 0.1) is 6.04 Å². The van der Waals surface area contributed by atoms with E-state index in [2.05, 4.69) is 5.32 Å². The highest BCUT2D eigenvalue weighted by molar-refractivity contribution is 5.84. The van der Waals surface area contributed by atoms with Crippen LogP contribution in [-0.2, 0) is 4.79 Å². The van der Waals surface area contributed by atoms with Gasteiger partial charge < -0.3 is 16.8 Å². The summed E-state index contributed by atoms with van der Waals surface area (Å²) in [5.74, 6) is 0.466. The van der Waals surface area contributed by atoms with E-state index < -0.39 is 0 Å². The van der Waals surface area contributed by atoms with E-state index in [1.807, 2.05) is 13.8 Å². The van der Waals surface area contributed by atoms with Crippen LogP contribution < -0.4 is 16.8 Å². The minimum atomic E-state index is -0.272. The number of likely N-dealkylation sites (tertiary alicyclic amines) is 1. The van der Waals surface area contributed by atoms with Crippen molar-refractivity contribution in [3.05, 3.63) is 24.2 Å². The van der Waals surface area contributed by atoms with Crippen LogP contribution in [0.3, 0.4) is 0 Å². The molecule has 1 amide bonds. The Morgan fingerprint density at radius 2 is 2.22 bits per heavy atom. The molecule has 1 aliphatic rings. The van der Waals surface area contributed by atoms with Crippen LogP contribution in [0.4, 0.5) is 0 Å². The van der Waals surface area contributed by atoms with Crippen molar-refractivity contribution in [2.24, 2.45) is 11.5 Å². The van der Waals surface area contributed by atoms with Crippen molar-refractivity contribution in [2.75, 3.05) is 7.05 Å². The van der Waals surface area contributed by atoms with Gasteiger partial charge in [-0.3, -0.25) is 9.69 Å². The van der Waals surface area contributed by atoms with Gasteiger partial charge in [-0.05, 0) is 58.5 Å². The summed E-state index contributed by atoms with van der Waals surface area (Å²) in [6.45, 7) is 4.08. The van der Waals surface area contributed by atoms with Crippen LogP contribution in [-0.4, -0.2) is 29.4 Å². The maximum absolute atomic E-state index is 12.5. The van der Waals surface area contributed by atoms with E-state index >= 15 is 0 Å². The van der Waals surface area contributed by atoms with E-state index in [0.717, 1.165) is 19.3 Å². The van der Waals surface area contributed by atoms with Gasteiger partial charge in [-0.1, -0.05) is 0 Å². The van der Waals surface area contributed by atoms with Crippen LogP contribution in [0.15, 0.2) is 24.2 Å². The number of nitrogens with zero attached hydrogens (tertiary/aromatic N) is 1. The Labute approximate surface area is 109 Å². The van der Waals surface area contributed by atoms with E-state index in [9.17, 15) is 4.79 Å². The van der Waals surface area contributed by atoms with Gasteiger partial charge >= 0.3 is 0 Å². The summed E-state index contributed by atoms with van der Waals surface area (Å²) in [7, 11) is 1.80. The number of hydrogen-bond donors (Lipinski definition) is 3. The molecule has 0 aliphatic carbocycles. The number of allylic oxidation sites excluding steroid dienone is 2. The monoisotopic (exact) mass is 252 g/mol. The molecular formula is C13H24N4O. The zero-order valence-corrected chi connectivity index (χ0v) is 11.4. The number of nitrogens with two attached hydrogens (primary N) is 2. The Balaban J connectivity index is 3.09. The molecule has 0 radical (unpaired) electrons. The van der Waals surface area contributed by atoms with Crippen molar-refractivity contribution >= 4 is 5.91 Å². The minimum absolute atomic E-state index is 0.0270. The number of carbonyl (C=O) groups excluding carboxylic acids is 1. The highest BCUT2D eigenvalue weighted by Gasteiger charge is 2.38. The molecule has 18 heavy (non-hydrogen) atoms. The lowest BCUT2D eigenvalue weighted by Gasteiger charge is -2.38. The van der Waals surface area contributed by atoms with Gasteiger partial charge in [-0.2, -0.15) is 0 Å². The van der Waals surface area contributed by atoms with Gasteiger partial charge in [-0.15, -0.1) is 0 Å². The lowest BCUT2D eigenvalue weighted by Crippen LogP contribution is -2.53. The molecule has 1 atom stereocenters. The summed E-state index contributed by atoms with van der Waals surface area (Å²) >= 11 is 0. The van der Waals surface area contributed by atoms with E-state index in [1.54, 1.807) is 24.1 Å². The van der Waals surface area contributed by atoms with E-state index in [-0.39, 0.29) is 17.5 Å². The number of amides is 1. The molecule has 5 nitrogen and oxygen atoms in total. The molecule has 0 bridgehead atoms. The van der Waals surface area contributed by atoms with Crippen molar-refractivity contribution in [3.63, 3.8) is 0 Å². The van der Waals surface area contributed by atoms with Crippen LogP contribution in [0, 0.1) is 0 Å². The number of carbonyl (C=O) groups is 1. The molecule has 1 aliphatic heterocycles. The minimum Gasteiger partial charge on any atom is -0.405 e. The highest BCUT2D eigenvalue weighted by Crippen LogP contribution is 2.29. The second kappa shape index (κ2) is 5.91.